The second-order valence-corrected chi connectivity index (χ2v) is 8.07. The SMILES string of the molecule is CC(C)C(C)(CN)NC(=O)CCc1nc2cc(Br)ccc2s1.Cl.Cl. The zero-order valence-corrected chi connectivity index (χ0v) is 18.0. The average Bonchev–Trinajstić information content (AvgIpc) is 2.86. The highest BCUT2D eigenvalue weighted by Crippen LogP contribution is 2.26. The predicted octanol–water partition coefficient (Wildman–Crippen LogP) is 4.32. The van der Waals surface area contributed by atoms with Gasteiger partial charge in [0.05, 0.1) is 20.8 Å². The molecule has 0 spiro atoms. The molecule has 3 N–H and O–H groups in total. The summed E-state index contributed by atoms with van der Waals surface area (Å²) in [5, 5.41) is 4.05. The Kier molecular flexibility index (Phi) is 9.76. The Morgan fingerprint density at radius 2 is 2.08 bits per heavy atom. The predicted molar refractivity (Wildman–Crippen MR) is 111 cm³/mol. The van der Waals surface area contributed by atoms with Crippen LogP contribution in [0.2, 0.25) is 0 Å². The van der Waals surface area contributed by atoms with Crippen molar-refractivity contribution in [3.63, 3.8) is 0 Å². The molecule has 1 amide bonds. The van der Waals surface area contributed by atoms with Gasteiger partial charge in [-0.05, 0) is 31.0 Å². The summed E-state index contributed by atoms with van der Waals surface area (Å²) in [7, 11) is 0. The van der Waals surface area contributed by atoms with Crippen molar-refractivity contribution in [2.24, 2.45) is 11.7 Å². The van der Waals surface area contributed by atoms with E-state index in [-0.39, 0.29) is 36.3 Å². The monoisotopic (exact) mass is 455 g/mol. The molecule has 0 saturated heterocycles. The number of rotatable bonds is 6. The second kappa shape index (κ2) is 9.92. The maximum absolute atomic E-state index is 12.2. The number of nitrogens with one attached hydrogen (secondary N) is 1. The van der Waals surface area contributed by atoms with Gasteiger partial charge in [-0.1, -0.05) is 29.8 Å². The molecule has 0 fully saturated rings. The van der Waals surface area contributed by atoms with Crippen LogP contribution in [0.25, 0.3) is 10.2 Å². The van der Waals surface area contributed by atoms with Gasteiger partial charge in [-0.2, -0.15) is 0 Å². The van der Waals surface area contributed by atoms with Crippen LogP contribution >= 0.6 is 52.1 Å². The van der Waals surface area contributed by atoms with E-state index in [1.807, 2.05) is 25.1 Å². The first kappa shape index (κ1) is 23.6. The van der Waals surface area contributed by atoms with Gasteiger partial charge in [0, 0.05) is 23.9 Å². The molecule has 1 heterocycles. The quantitative estimate of drug-likeness (QED) is 0.679. The molecule has 2 rings (SSSR count). The Balaban J connectivity index is 0.00000264. The number of fused-ring (bicyclic) bond motifs is 1. The van der Waals surface area contributed by atoms with E-state index in [9.17, 15) is 4.79 Å². The van der Waals surface area contributed by atoms with Gasteiger partial charge in [-0.15, -0.1) is 36.2 Å². The normalized spacial score (nSPS) is 13.1. The standard InChI is InChI=1S/C16H22BrN3OS.2ClH/c1-10(2)16(3,9-18)20-14(21)6-7-15-19-12-8-11(17)4-5-13(12)22-15;;/h4-5,8,10H,6-7,9,18H2,1-3H3,(H,20,21);2*1H. The third-order valence-corrected chi connectivity index (χ3v) is 5.67. The van der Waals surface area contributed by atoms with Crippen molar-refractivity contribution in [1.29, 1.82) is 0 Å². The number of aryl methyl sites for hydroxylation is 1. The number of carbonyl (C=O) groups is 1. The molecule has 0 aliphatic carbocycles. The lowest BCUT2D eigenvalue weighted by atomic mass is 9.88. The first-order valence-electron chi connectivity index (χ1n) is 7.40. The molecule has 1 aromatic carbocycles. The Morgan fingerprint density at radius 3 is 2.67 bits per heavy atom. The number of hydrogen-bond donors (Lipinski definition) is 2. The fourth-order valence-corrected chi connectivity index (χ4v) is 3.38. The van der Waals surface area contributed by atoms with Crippen LogP contribution in [0.4, 0.5) is 0 Å². The first-order chi connectivity index (χ1) is 10.3. The largest absolute Gasteiger partial charge is 0.349 e. The number of halogens is 3. The molecule has 0 saturated carbocycles. The Hall–Kier alpha value is -0.400. The molecule has 8 heteroatoms. The molecular formula is C16H24BrCl2N3OS. The zero-order valence-electron chi connectivity index (χ0n) is 14.0. The number of aromatic nitrogens is 1. The molecule has 0 aliphatic heterocycles. The minimum atomic E-state index is -0.352. The third-order valence-electron chi connectivity index (χ3n) is 4.08. The molecule has 1 unspecified atom stereocenters. The van der Waals surface area contributed by atoms with Crippen LogP contribution in [-0.2, 0) is 11.2 Å². The average molecular weight is 457 g/mol. The molecule has 0 aliphatic rings. The van der Waals surface area contributed by atoms with Crippen molar-refractivity contribution >= 4 is 68.2 Å². The van der Waals surface area contributed by atoms with Crippen LogP contribution in [0.3, 0.4) is 0 Å². The Morgan fingerprint density at radius 1 is 1.42 bits per heavy atom. The lowest BCUT2D eigenvalue weighted by Crippen LogP contribution is -2.55. The van der Waals surface area contributed by atoms with E-state index in [2.05, 4.69) is 40.1 Å². The molecule has 1 atom stereocenters. The number of thiazole rings is 1. The topological polar surface area (TPSA) is 68.0 Å². The number of amides is 1. The van der Waals surface area contributed by atoms with Crippen LogP contribution in [0.1, 0.15) is 32.2 Å². The lowest BCUT2D eigenvalue weighted by molar-refractivity contribution is -0.123. The highest BCUT2D eigenvalue weighted by Gasteiger charge is 2.28. The van der Waals surface area contributed by atoms with Crippen molar-refractivity contribution in [3.8, 4) is 0 Å². The number of nitrogens with zero attached hydrogens (tertiary/aromatic N) is 1. The van der Waals surface area contributed by atoms with E-state index >= 15 is 0 Å². The zero-order chi connectivity index (χ0) is 16.3. The van der Waals surface area contributed by atoms with Crippen molar-refractivity contribution in [3.05, 3.63) is 27.7 Å². The summed E-state index contributed by atoms with van der Waals surface area (Å²) in [6, 6.07) is 6.05. The summed E-state index contributed by atoms with van der Waals surface area (Å²) in [5.74, 6) is 0.323. The second-order valence-electron chi connectivity index (χ2n) is 6.04. The maximum Gasteiger partial charge on any atom is 0.220 e. The van der Waals surface area contributed by atoms with Crippen LogP contribution in [-0.4, -0.2) is 23.0 Å². The van der Waals surface area contributed by atoms with Crippen molar-refractivity contribution in [2.75, 3.05) is 6.54 Å². The van der Waals surface area contributed by atoms with E-state index in [1.54, 1.807) is 11.3 Å². The number of nitrogens with two attached hydrogens (primary N) is 1. The molecule has 0 bridgehead atoms. The van der Waals surface area contributed by atoms with E-state index in [0.29, 0.717) is 25.3 Å². The van der Waals surface area contributed by atoms with Gasteiger partial charge in [0.1, 0.15) is 0 Å². The van der Waals surface area contributed by atoms with E-state index < -0.39 is 0 Å². The number of carbonyl (C=O) groups excluding carboxylic acids is 1. The fourth-order valence-electron chi connectivity index (χ4n) is 2.09. The van der Waals surface area contributed by atoms with Crippen LogP contribution < -0.4 is 11.1 Å². The highest BCUT2D eigenvalue weighted by molar-refractivity contribution is 9.10. The van der Waals surface area contributed by atoms with Gasteiger partial charge in [0.2, 0.25) is 5.91 Å². The van der Waals surface area contributed by atoms with E-state index in [0.717, 1.165) is 19.7 Å². The molecule has 4 nitrogen and oxygen atoms in total. The summed E-state index contributed by atoms with van der Waals surface area (Å²) in [6.07, 6.45) is 1.09. The molecule has 2 aromatic rings. The van der Waals surface area contributed by atoms with Crippen molar-refractivity contribution in [2.45, 2.75) is 39.2 Å². The molecular weight excluding hydrogens is 433 g/mol. The molecule has 1 aromatic heterocycles. The van der Waals surface area contributed by atoms with Gasteiger partial charge < -0.3 is 11.1 Å². The summed E-state index contributed by atoms with van der Waals surface area (Å²) in [6.45, 7) is 6.56. The van der Waals surface area contributed by atoms with Crippen LogP contribution in [0.5, 0.6) is 0 Å². The molecule has 0 radical (unpaired) electrons. The van der Waals surface area contributed by atoms with Gasteiger partial charge in [0.25, 0.3) is 0 Å². The summed E-state index contributed by atoms with van der Waals surface area (Å²) < 4.78 is 2.16. The third kappa shape index (κ3) is 5.85. The number of benzene rings is 1. The molecule has 136 valence electrons. The number of hydrogen-bond acceptors (Lipinski definition) is 4. The maximum atomic E-state index is 12.2. The van der Waals surface area contributed by atoms with Crippen LogP contribution in [0, 0.1) is 5.92 Å². The van der Waals surface area contributed by atoms with Crippen molar-refractivity contribution < 1.29 is 4.79 Å². The molecule has 24 heavy (non-hydrogen) atoms. The lowest BCUT2D eigenvalue weighted by Gasteiger charge is -2.33. The minimum Gasteiger partial charge on any atom is -0.349 e. The van der Waals surface area contributed by atoms with E-state index in [1.165, 1.54) is 0 Å². The van der Waals surface area contributed by atoms with Crippen molar-refractivity contribution in [1.82, 2.24) is 10.3 Å². The van der Waals surface area contributed by atoms with Gasteiger partial charge in [0.15, 0.2) is 0 Å². The highest BCUT2D eigenvalue weighted by atomic mass is 79.9. The summed E-state index contributed by atoms with van der Waals surface area (Å²) >= 11 is 5.09. The van der Waals surface area contributed by atoms with Gasteiger partial charge >= 0.3 is 0 Å². The summed E-state index contributed by atoms with van der Waals surface area (Å²) in [5.41, 5.74) is 6.42. The Bertz CT molecular complexity index is 680. The smallest absolute Gasteiger partial charge is 0.220 e. The van der Waals surface area contributed by atoms with Gasteiger partial charge in [-0.25, -0.2) is 4.98 Å². The minimum absolute atomic E-state index is 0. The fraction of sp³-hybridized carbons (Fsp3) is 0.500. The Labute approximate surface area is 167 Å². The first-order valence-corrected chi connectivity index (χ1v) is 9.01. The van der Waals surface area contributed by atoms with Crippen LogP contribution in [0.15, 0.2) is 22.7 Å². The van der Waals surface area contributed by atoms with Gasteiger partial charge in [-0.3, -0.25) is 4.79 Å². The van der Waals surface area contributed by atoms with E-state index in [4.69, 9.17) is 5.73 Å². The summed E-state index contributed by atoms with van der Waals surface area (Å²) in [4.78, 5) is 16.7.